The quantitative estimate of drug-likeness (QED) is 0.518. The molecule has 0 aliphatic carbocycles. The zero-order valence-corrected chi connectivity index (χ0v) is 20.4. The Balaban J connectivity index is 1.55. The van der Waals surface area contributed by atoms with Crippen LogP contribution in [0.3, 0.4) is 0 Å². The summed E-state index contributed by atoms with van der Waals surface area (Å²) >= 11 is 0. The molecule has 0 spiro atoms. The number of benzene rings is 3. The van der Waals surface area contributed by atoms with Crippen molar-refractivity contribution in [2.45, 2.75) is 52.3 Å². The third kappa shape index (κ3) is 5.70. The number of nitrogens with zero attached hydrogens (tertiary/aromatic N) is 1. The average molecular weight is 475 g/mol. The average Bonchev–Trinajstić information content (AvgIpc) is 2.85. The van der Waals surface area contributed by atoms with E-state index in [2.05, 4.69) is 11.4 Å². The summed E-state index contributed by atoms with van der Waals surface area (Å²) in [7, 11) is 0. The Bertz CT molecular complexity index is 1210. The summed E-state index contributed by atoms with van der Waals surface area (Å²) in [6.45, 7) is 6.50. The number of amides is 2. The van der Waals surface area contributed by atoms with Gasteiger partial charge in [0.1, 0.15) is 11.6 Å². The number of nitrogens with one attached hydrogen (secondary N) is 1. The van der Waals surface area contributed by atoms with Gasteiger partial charge < -0.3 is 15.0 Å². The highest BCUT2D eigenvalue weighted by Crippen LogP contribution is 2.37. The van der Waals surface area contributed by atoms with Gasteiger partial charge in [0.2, 0.25) is 5.91 Å². The number of halogens is 1. The topological polar surface area (TPSA) is 58.6 Å². The van der Waals surface area contributed by atoms with Crippen LogP contribution in [0, 0.1) is 12.7 Å². The van der Waals surface area contributed by atoms with Gasteiger partial charge in [-0.05, 0) is 66.3 Å². The van der Waals surface area contributed by atoms with Crippen molar-refractivity contribution in [2.24, 2.45) is 0 Å². The number of carbonyl (C=O) groups is 2. The first-order chi connectivity index (χ1) is 16.9. The first-order valence-corrected chi connectivity index (χ1v) is 12.0. The molecule has 182 valence electrons. The second kappa shape index (κ2) is 10.7. The lowest BCUT2D eigenvalue weighted by Gasteiger charge is -2.37. The molecule has 1 aliphatic rings. The summed E-state index contributed by atoms with van der Waals surface area (Å²) in [5.41, 5.74) is 5.21. The van der Waals surface area contributed by atoms with Crippen molar-refractivity contribution in [2.75, 3.05) is 6.54 Å². The molecule has 0 bridgehead atoms. The van der Waals surface area contributed by atoms with Crippen molar-refractivity contribution in [3.63, 3.8) is 0 Å². The normalized spacial score (nSPS) is 15.8. The summed E-state index contributed by atoms with van der Waals surface area (Å²) in [6.07, 6.45) is 0.596. The van der Waals surface area contributed by atoms with Gasteiger partial charge in [-0.3, -0.25) is 9.59 Å². The SMILES string of the molecule is CC[C@@H](Oc1ccc2c(c1)[C@H](c1cccc(C)c1)N(C(C)=O)CC2)C(=O)NCc1ccc(F)cc1. The van der Waals surface area contributed by atoms with Gasteiger partial charge in [0.05, 0.1) is 6.04 Å². The van der Waals surface area contributed by atoms with Crippen molar-refractivity contribution in [1.29, 1.82) is 0 Å². The number of hydrogen-bond donors (Lipinski definition) is 1. The Morgan fingerprint density at radius 3 is 2.57 bits per heavy atom. The maximum atomic E-state index is 13.1. The summed E-state index contributed by atoms with van der Waals surface area (Å²) in [5.74, 6) is 0.0837. The van der Waals surface area contributed by atoms with E-state index in [9.17, 15) is 14.0 Å². The maximum absolute atomic E-state index is 13.1. The molecule has 2 amide bonds. The van der Waals surface area contributed by atoms with Crippen LogP contribution in [0.1, 0.15) is 54.1 Å². The van der Waals surface area contributed by atoms with Gasteiger partial charge >= 0.3 is 0 Å². The lowest BCUT2D eigenvalue weighted by Crippen LogP contribution is -2.39. The predicted octanol–water partition coefficient (Wildman–Crippen LogP) is 5.10. The van der Waals surface area contributed by atoms with E-state index in [0.29, 0.717) is 25.3 Å². The third-order valence-electron chi connectivity index (χ3n) is 6.43. The number of fused-ring (bicyclic) bond motifs is 1. The Labute approximate surface area is 205 Å². The highest BCUT2D eigenvalue weighted by molar-refractivity contribution is 5.81. The van der Waals surface area contributed by atoms with Crippen LogP contribution >= 0.6 is 0 Å². The van der Waals surface area contributed by atoms with Gasteiger partial charge in [0, 0.05) is 20.0 Å². The van der Waals surface area contributed by atoms with Crippen LogP contribution in [0.2, 0.25) is 0 Å². The number of hydrogen-bond acceptors (Lipinski definition) is 3. The molecule has 0 radical (unpaired) electrons. The standard InChI is InChI=1S/C29H31FN2O3/c1-4-27(29(34)31-18-21-8-11-24(30)12-9-21)35-25-13-10-22-14-15-32(20(3)33)28(26(22)17-25)23-7-5-6-19(2)16-23/h5-13,16-17,27-28H,4,14-15,18H2,1-3H3,(H,31,34)/t27-,28+/m1/s1. The van der Waals surface area contributed by atoms with Crippen LogP contribution in [0.4, 0.5) is 4.39 Å². The van der Waals surface area contributed by atoms with Crippen LogP contribution in [0.25, 0.3) is 0 Å². The lowest BCUT2D eigenvalue weighted by atomic mass is 9.87. The smallest absolute Gasteiger partial charge is 0.261 e. The molecular formula is C29H31FN2O3. The summed E-state index contributed by atoms with van der Waals surface area (Å²) in [4.78, 5) is 27.2. The van der Waals surface area contributed by atoms with E-state index in [-0.39, 0.29) is 23.7 Å². The molecule has 4 rings (SSSR count). The van der Waals surface area contributed by atoms with Crippen LogP contribution < -0.4 is 10.1 Å². The van der Waals surface area contributed by atoms with E-state index >= 15 is 0 Å². The first kappa shape index (κ1) is 24.5. The molecule has 0 aromatic heterocycles. The molecule has 0 fully saturated rings. The molecule has 1 aliphatic heterocycles. The van der Waals surface area contributed by atoms with Crippen molar-refractivity contribution >= 4 is 11.8 Å². The van der Waals surface area contributed by atoms with E-state index in [1.165, 1.54) is 17.7 Å². The van der Waals surface area contributed by atoms with Gasteiger partial charge in [-0.1, -0.05) is 55.0 Å². The minimum Gasteiger partial charge on any atom is -0.481 e. The Morgan fingerprint density at radius 2 is 1.89 bits per heavy atom. The molecule has 5 nitrogen and oxygen atoms in total. The molecule has 3 aromatic rings. The zero-order valence-electron chi connectivity index (χ0n) is 20.4. The second-order valence-electron chi connectivity index (χ2n) is 9.00. The predicted molar refractivity (Wildman–Crippen MR) is 134 cm³/mol. The van der Waals surface area contributed by atoms with E-state index in [4.69, 9.17) is 4.74 Å². The van der Waals surface area contributed by atoms with Crippen LogP contribution in [-0.2, 0) is 22.6 Å². The van der Waals surface area contributed by atoms with Gasteiger partial charge in [0.15, 0.2) is 6.10 Å². The summed E-state index contributed by atoms with van der Waals surface area (Å²) in [5, 5.41) is 2.88. The van der Waals surface area contributed by atoms with E-state index in [0.717, 1.165) is 28.7 Å². The van der Waals surface area contributed by atoms with Gasteiger partial charge in [-0.15, -0.1) is 0 Å². The fraction of sp³-hybridized carbons (Fsp3) is 0.310. The Morgan fingerprint density at radius 1 is 1.11 bits per heavy atom. The van der Waals surface area contributed by atoms with Gasteiger partial charge in [-0.2, -0.15) is 0 Å². The lowest BCUT2D eigenvalue weighted by molar-refractivity contribution is -0.131. The first-order valence-electron chi connectivity index (χ1n) is 12.0. The van der Waals surface area contributed by atoms with E-state index < -0.39 is 6.10 Å². The maximum Gasteiger partial charge on any atom is 0.261 e. The van der Waals surface area contributed by atoms with Crippen molar-refractivity contribution in [3.05, 3.63) is 100 Å². The summed E-state index contributed by atoms with van der Waals surface area (Å²) in [6, 6.07) is 19.9. The van der Waals surface area contributed by atoms with Crippen LogP contribution in [0.15, 0.2) is 66.7 Å². The highest BCUT2D eigenvalue weighted by Gasteiger charge is 2.31. The van der Waals surface area contributed by atoms with Crippen molar-refractivity contribution in [1.82, 2.24) is 10.2 Å². The molecule has 35 heavy (non-hydrogen) atoms. The summed E-state index contributed by atoms with van der Waals surface area (Å²) < 4.78 is 19.3. The molecule has 0 saturated heterocycles. The fourth-order valence-corrected chi connectivity index (χ4v) is 4.60. The molecular weight excluding hydrogens is 443 g/mol. The highest BCUT2D eigenvalue weighted by atomic mass is 19.1. The minimum atomic E-state index is -0.668. The van der Waals surface area contributed by atoms with E-state index in [1.54, 1.807) is 19.1 Å². The number of ether oxygens (including phenoxy) is 1. The van der Waals surface area contributed by atoms with E-state index in [1.807, 2.05) is 55.1 Å². The second-order valence-corrected chi connectivity index (χ2v) is 9.00. The molecule has 1 heterocycles. The molecule has 0 unspecified atom stereocenters. The van der Waals surface area contributed by atoms with Gasteiger partial charge in [-0.25, -0.2) is 4.39 Å². The number of aryl methyl sites for hydroxylation is 1. The van der Waals surface area contributed by atoms with Gasteiger partial charge in [0.25, 0.3) is 5.91 Å². The molecule has 6 heteroatoms. The Hall–Kier alpha value is -3.67. The Kier molecular flexibility index (Phi) is 7.49. The minimum absolute atomic E-state index is 0.0279. The van der Waals surface area contributed by atoms with Crippen LogP contribution in [0.5, 0.6) is 5.75 Å². The molecule has 1 N–H and O–H groups in total. The zero-order chi connectivity index (χ0) is 24.9. The molecule has 3 aromatic carbocycles. The number of carbonyl (C=O) groups excluding carboxylic acids is 2. The third-order valence-corrected chi connectivity index (χ3v) is 6.43. The van der Waals surface area contributed by atoms with Crippen LogP contribution in [-0.4, -0.2) is 29.4 Å². The van der Waals surface area contributed by atoms with Crippen molar-refractivity contribution in [3.8, 4) is 5.75 Å². The largest absolute Gasteiger partial charge is 0.481 e. The number of rotatable bonds is 7. The monoisotopic (exact) mass is 474 g/mol. The molecule has 2 atom stereocenters. The van der Waals surface area contributed by atoms with Crippen molar-refractivity contribution < 1.29 is 18.7 Å². The molecule has 0 saturated carbocycles. The fourth-order valence-electron chi connectivity index (χ4n) is 4.60.